The summed E-state index contributed by atoms with van der Waals surface area (Å²) in [6.45, 7) is 0. The molecule has 0 heterocycles. The first-order valence-electron chi connectivity index (χ1n) is 8.29. The van der Waals surface area contributed by atoms with Gasteiger partial charge in [0, 0.05) is 10.6 Å². The molecule has 0 aliphatic carbocycles. The van der Waals surface area contributed by atoms with Crippen molar-refractivity contribution in [1.29, 1.82) is 0 Å². The molecule has 0 radical (unpaired) electrons. The highest BCUT2D eigenvalue weighted by molar-refractivity contribution is 8.13. The van der Waals surface area contributed by atoms with Crippen LogP contribution in [-0.4, -0.2) is 5.04 Å². The van der Waals surface area contributed by atoms with Gasteiger partial charge < -0.3 is 0 Å². The topological polar surface area (TPSA) is 12.4 Å². The van der Waals surface area contributed by atoms with Crippen LogP contribution in [0.15, 0.2) is 100 Å². The Balaban J connectivity index is 1.72. The van der Waals surface area contributed by atoms with Crippen LogP contribution in [0.4, 0.5) is 5.69 Å². The molecule has 0 aliphatic heterocycles. The molecule has 3 aromatic rings. The summed E-state index contributed by atoms with van der Waals surface area (Å²) in [5.41, 5.74) is 2.21. The van der Waals surface area contributed by atoms with Gasteiger partial charge in [-0.25, -0.2) is 4.99 Å². The number of halogens is 2. The van der Waals surface area contributed by atoms with Gasteiger partial charge in [0.2, 0.25) is 0 Å². The van der Waals surface area contributed by atoms with Crippen molar-refractivity contribution in [3.63, 3.8) is 0 Å². The molecule has 5 heteroatoms. The SMILES string of the molecule is Clc1ccc(SC=CC(=Nc2ccccc2)SCc2ccccc2)cc1Cl. The van der Waals surface area contributed by atoms with E-state index in [1.807, 2.05) is 66.1 Å². The van der Waals surface area contributed by atoms with Crippen molar-refractivity contribution in [1.82, 2.24) is 0 Å². The number of benzene rings is 3. The van der Waals surface area contributed by atoms with Gasteiger partial charge in [0.15, 0.2) is 0 Å². The molecule has 27 heavy (non-hydrogen) atoms. The van der Waals surface area contributed by atoms with Crippen molar-refractivity contribution in [2.24, 2.45) is 4.99 Å². The van der Waals surface area contributed by atoms with Crippen LogP contribution >= 0.6 is 46.7 Å². The Hall–Kier alpha value is -1.65. The summed E-state index contributed by atoms with van der Waals surface area (Å²) >= 11 is 15.4. The molecule has 1 nitrogen and oxygen atoms in total. The summed E-state index contributed by atoms with van der Waals surface area (Å²) in [5, 5.41) is 4.11. The zero-order chi connectivity index (χ0) is 18.9. The lowest BCUT2D eigenvalue weighted by atomic mass is 10.2. The summed E-state index contributed by atoms with van der Waals surface area (Å²) in [5.74, 6) is 0.869. The summed E-state index contributed by atoms with van der Waals surface area (Å²) < 4.78 is 0. The highest BCUT2D eigenvalue weighted by Crippen LogP contribution is 2.29. The molecule has 0 atom stereocenters. The monoisotopic (exact) mass is 429 g/mol. The van der Waals surface area contributed by atoms with E-state index in [1.54, 1.807) is 23.5 Å². The van der Waals surface area contributed by atoms with Gasteiger partial charge in [-0.2, -0.15) is 0 Å². The van der Waals surface area contributed by atoms with E-state index in [0.29, 0.717) is 10.0 Å². The zero-order valence-corrected chi connectivity index (χ0v) is 17.5. The van der Waals surface area contributed by atoms with Gasteiger partial charge in [-0.3, -0.25) is 0 Å². The number of aliphatic imine (C=N–C) groups is 1. The Labute approximate surface area is 178 Å². The van der Waals surface area contributed by atoms with E-state index in [1.165, 1.54) is 5.56 Å². The second-order valence-electron chi connectivity index (χ2n) is 5.56. The maximum absolute atomic E-state index is 6.08. The van der Waals surface area contributed by atoms with Gasteiger partial charge in [-0.1, -0.05) is 83.5 Å². The summed E-state index contributed by atoms with van der Waals surface area (Å²) in [7, 11) is 0. The van der Waals surface area contributed by atoms with E-state index < -0.39 is 0 Å². The molecular weight excluding hydrogens is 413 g/mol. The van der Waals surface area contributed by atoms with Crippen LogP contribution in [0.3, 0.4) is 0 Å². The normalized spacial score (nSPS) is 11.9. The van der Waals surface area contributed by atoms with Crippen molar-refractivity contribution in [3.05, 3.63) is 106 Å². The van der Waals surface area contributed by atoms with Crippen molar-refractivity contribution in [2.75, 3.05) is 0 Å². The number of rotatable bonds is 6. The van der Waals surface area contributed by atoms with Crippen molar-refractivity contribution >= 4 is 57.5 Å². The van der Waals surface area contributed by atoms with Gasteiger partial charge in [0.05, 0.1) is 20.8 Å². The Morgan fingerprint density at radius 2 is 1.56 bits per heavy atom. The molecule has 3 aromatic carbocycles. The van der Waals surface area contributed by atoms with Crippen LogP contribution in [0.1, 0.15) is 5.56 Å². The summed E-state index contributed by atoms with van der Waals surface area (Å²) in [6.07, 6.45) is 2.04. The van der Waals surface area contributed by atoms with E-state index in [4.69, 9.17) is 28.2 Å². The Morgan fingerprint density at radius 3 is 2.26 bits per heavy atom. The second-order valence-corrected chi connectivity index (χ2v) is 8.35. The van der Waals surface area contributed by atoms with Crippen molar-refractivity contribution in [2.45, 2.75) is 10.6 Å². The maximum atomic E-state index is 6.08. The number of para-hydroxylation sites is 1. The van der Waals surface area contributed by atoms with E-state index >= 15 is 0 Å². The van der Waals surface area contributed by atoms with Crippen molar-refractivity contribution in [3.8, 4) is 0 Å². The second kappa shape index (κ2) is 10.6. The molecule has 0 aliphatic rings. The molecule has 0 spiro atoms. The molecule has 0 saturated heterocycles. The molecule has 0 aromatic heterocycles. The van der Waals surface area contributed by atoms with Gasteiger partial charge >= 0.3 is 0 Å². The van der Waals surface area contributed by atoms with E-state index in [-0.39, 0.29) is 0 Å². The number of thioether (sulfide) groups is 2. The number of hydrogen-bond acceptors (Lipinski definition) is 3. The van der Waals surface area contributed by atoms with E-state index in [0.717, 1.165) is 21.4 Å². The van der Waals surface area contributed by atoms with Crippen LogP contribution in [0, 0.1) is 0 Å². The lowest BCUT2D eigenvalue weighted by Gasteiger charge is -2.04. The van der Waals surface area contributed by atoms with Crippen LogP contribution in [0.25, 0.3) is 0 Å². The first-order valence-corrected chi connectivity index (χ1v) is 10.9. The fraction of sp³-hybridized carbons (Fsp3) is 0.0455. The Bertz CT molecular complexity index is 926. The van der Waals surface area contributed by atoms with Gasteiger partial charge in [0.1, 0.15) is 0 Å². The third-order valence-corrected chi connectivity index (χ3v) is 6.07. The fourth-order valence-corrected chi connectivity index (χ4v) is 4.18. The molecule has 3 rings (SSSR count). The minimum Gasteiger partial charge on any atom is -0.242 e. The fourth-order valence-electron chi connectivity index (χ4n) is 2.20. The van der Waals surface area contributed by atoms with Crippen LogP contribution in [0.5, 0.6) is 0 Å². The van der Waals surface area contributed by atoms with Crippen molar-refractivity contribution < 1.29 is 0 Å². The summed E-state index contributed by atoms with van der Waals surface area (Å²) in [4.78, 5) is 5.80. The molecule has 0 saturated carbocycles. The highest BCUT2D eigenvalue weighted by Gasteiger charge is 2.01. The minimum atomic E-state index is 0.562. The van der Waals surface area contributed by atoms with E-state index in [9.17, 15) is 0 Å². The third kappa shape index (κ3) is 6.78. The quantitative estimate of drug-likeness (QED) is 0.222. The molecule has 0 fully saturated rings. The Kier molecular flexibility index (Phi) is 7.91. The smallest absolute Gasteiger partial charge is 0.0975 e. The third-order valence-electron chi connectivity index (χ3n) is 3.53. The molecule has 0 amide bonds. The molecule has 0 N–H and O–H groups in total. The number of hydrogen-bond donors (Lipinski definition) is 0. The minimum absolute atomic E-state index is 0.562. The molecule has 0 unspecified atom stereocenters. The standard InChI is InChI=1S/C22H17Cl2NS2/c23-20-12-11-19(15-21(20)24)26-14-13-22(25-18-9-5-2-6-10-18)27-16-17-7-3-1-4-8-17/h1-15H,16H2. The van der Waals surface area contributed by atoms with Crippen LogP contribution < -0.4 is 0 Å². The molecular formula is C22H17Cl2NS2. The summed E-state index contributed by atoms with van der Waals surface area (Å²) in [6, 6.07) is 26.0. The van der Waals surface area contributed by atoms with Gasteiger partial charge in [0.25, 0.3) is 0 Å². The average molecular weight is 430 g/mol. The lowest BCUT2D eigenvalue weighted by molar-refractivity contribution is 1.42. The van der Waals surface area contributed by atoms with E-state index in [2.05, 4.69) is 24.3 Å². The highest BCUT2D eigenvalue weighted by atomic mass is 35.5. The predicted molar refractivity (Wildman–Crippen MR) is 123 cm³/mol. The zero-order valence-electron chi connectivity index (χ0n) is 14.4. The predicted octanol–water partition coefficient (Wildman–Crippen LogP) is 8.26. The molecule has 136 valence electrons. The largest absolute Gasteiger partial charge is 0.242 e. The lowest BCUT2D eigenvalue weighted by Crippen LogP contribution is -1.88. The number of nitrogens with zero attached hydrogens (tertiary/aromatic N) is 1. The first kappa shape index (κ1) is 20.1. The van der Waals surface area contributed by atoms with Gasteiger partial charge in [-0.05, 0) is 47.4 Å². The molecule has 0 bridgehead atoms. The van der Waals surface area contributed by atoms with Crippen LogP contribution in [0.2, 0.25) is 10.0 Å². The maximum Gasteiger partial charge on any atom is 0.0975 e. The van der Waals surface area contributed by atoms with Gasteiger partial charge in [-0.15, -0.1) is 11.8 Å². The average Bonchev–Trinajstić information content (AvgIpc) is 2.70. The van der Waals surface area contributed by atoms with Crippen LogP contribution in [-0.2, 0) is 5.75 Å². The first-order chi connectivity index (χ1) is 13.2. The Morgan fingerprint density at radius 1 is 0.852 bits per heavy atom.